The Hall–Kier alpha value is -1.19. The topological polar surface area (TPSA) is 16.1 Å². The molecule has 3 heteroatoms. The summed E-state index contributed by atoms with van der Waals surface area (Å²) in [6, 6.07) is 12.7. The first-order chi connectivity index (χ1) is 8.78. The second-order valence-corrected chi connectivity index (χ2v) is 5.22. The summed E-state index contributed by atoms with van der Waals surface area (Å²) in [4.78, 5) is 6.61. The number of pyridine rings is 1. The molecule has 0 saturated carbocycles. The number of hydrogen-bond acceptors (Lipinski definition) is 2. The van der Waals surface area contributed by atoms with Gasteiger partial charge in [0, 0.05) is 30.0 Å². The van der Waals surface area contributed by atoms with Crippen molar-refractivity contribution in [3.05, 3.63) is 64.4 Å². The molecule has 1 aromatic heterocycles. The van der Waals surface area contributed by atoms with Gasteiger partial charge in [0.15, 0.2) is 0 Å². The fourth-order valence-electron chi connectivity index (χ4n) is 1.92. The third-order valence-electron chi connectivity index (χ3n) is 2.86. The number of hydrogen-bond donors (Lipinski definition) is 0. The molecule has 0 aliphatic carbocycles. The molecule has 0 amide bonds. The standard InChI is InChI=1S/C15H17BrN2/c1-2-18(11-13-6-4-3-5-7-13)12-14-8-15(16)10-17-9-14/h3-10H,2,11-12H2,1H3. The lowest BCUT2D eigenvalue weighted by Crippen LogP contribution is -2.22. The lowest BCUT2D eigenvalue weighted by atomic mass is 10.2. The monoisotopic (exact) mass is 304 g/mol. The van der Waals surface area contributed by atoms with E-state index in [0.29, 0.717) is 0 Å². The van der Waals surface area contributed by atoms with E-state index in [1.54, 1.807) is 0 Å². The van der Waals surface area contributed by atoms with Gasteiger partial charge >= 0.3 is 0 Å². The minimum absolute atomic E-state index is 0.928. The van der Waals surface area contributed by atoms with Crippen LogP contribution in [0, 0.1) is 0 Å². The summed E-state index contributed by atoms with van der Waals surface area (Å²) in [5, 5.41) is 0. The molecule has 2 rings (SSSR count). The molecule has 0 spiro atoms. The number of nitrogens with zero attached hydrogens (tertiary/aromatic N) is 2. The van der Waals surface area contributed by atoms with Gasteiger partial charge in [0.25, 0.3) is 0 Å². The van der Waals surface area contributed by atoms with Gasteiger partial charge in [0.1, 0.15) is 0 Å². The fourth-order valence-corrected chi connectivity index (χ4v) is 2.33. The molecule has 0 N–H and O–H groups in total. The maximum Gasteiger partial charge on any atom is 0.0410 e. The van der Waals surface area contributed by atoms with Crippen LogP contribution >= 0.6 is 15.9 Å². The smallest absolute Gasteiger partial charge is 0.0410 e. The molecular formula is C15H17BrN2. The summed E-state index contributed by atoms with van der Waals surface area (Å²) in [5.41, 5.74) is 2.59. The summed E-state index contributed by atoms with van der Waals surface area (Å²) in [5.74, 6) is 0. The van der Waals surface area contributed by atoms with E-state index < -0.39 is 0 Å². The van der Waals surface area contributed by atoms with Crippen molar-refractivity contribution < 1.29 is 0 Å². The van der Waals surface area contributed by atoms with Gasteiger partial charge in [-0.05, 0) is 39.7 Å². The molecule has 2 aromatic rings. The quantitative estimate of drug-likeness (QED) is 0.833. The molecule has 0 fully saturated rings. The van der Waals surface area contributed by atoms with Crippen LogP contribution in [0.25, 0.3) is 0 Å². The largest absolute Gasteiger partial charge is 0.295 e. The Morgan fingerprint density at radius 1 is 1.06 bits per heavy atom. The minimum atomic E-state index is 0.928. The summed E-state index contributed by atoms with van der Waals surface area (Å²) in [7, 11) is 0. The predicted octanol–water partition coefficient (Wildman–Crippen LogP) is 3.87. The van der Waals surface area contributed by atoms with Crippen LogP contribution in [-0.4, -0.2) is 16.4 Å². The van der Waals surface area contributed by atoms with Crippen LogP contribution in [0.1, 0.15) is 18.1 Å². The molecule has 1 aromatic carbocycles. The SMILES string of the molecule is CCN(Cc1ccccc1)Cc1cncc(Br)c1. The molecule has 18 heavy (non-hydrogen) atoms. The Balaban J connectivity index is 2.01. The van der Waals surface area contributed by atoms with Crippen LogP contribution in [-0.2, 0) is 13.1 Å². The Kier molecular flexibility index (Phi) is 4.90. The Morgan fingerprint density at radius 3 is 2.44 bits per heavy atom. The van der Waals surface area contributed by atoms with Crippen LogP contribution in [0.5, 0.6) is 0 Å². The average molecular weight is 305 g/mol. The van der Waals surface area contributed by atoms with E-state index in [1.165, 1.54) is 11.1 Å². The normalized spacial score (nSPS) is 10.8. The molecule has 0 unspecified atom stereocenters. The van der Waals surface area contributed by atoms with Crippen molar-refractivity contribution in [1.82, 2.24) is 9.88 Å². The zero-order valence-electron chi connectivity index (χ0n) is 10.5. The number of aromatic nitrogens is 1. The van der Waals surface area contributed by atoms with Crippen molar-refractivity contribution in [2.24, 2.45) is 0 Å². The number of rotatable bonds is 5. The van der Waals surface area contributed by atoms with E-state index in [-0.39, 0.29) is 0 Å². The zero-order valence-corrected chi connectivity index (χ0v) is 12.1. The lowest BCUT2D eigenvalue weighted by molar-refractivity contribution is 0.271. The van der Waals surface area contributed by atoms with Crippen molar-refractivity contribution >= 4 is 15.9 Å². The van der Waals surface area contributed by atoms with Gasteiger partial charge in [-0.3, -0.25) is 9.88 Å². The van der Waals surface area contributed by atoms with E-state index in [9.17, 15) is 0 Å². The molecular weight excluding hydrogens is 288 g/mol. The highest BCUT2D eigenvalue weighted by Gasteiger charge is 2.05. The Bertz CT molecular complexity index is 485. The molecule has 94 valence electrons. The summed E-state index contributed by atoms with van der Waals surface area (Å²) in [6.45, 7) is 5.12. The molecule has 0 saturated heterocycles. The first-order valence-electron chi connectivity index (χ1n) is 6.13. The highest BCUT2D eigenvalue weighted by atomic mass is 79.9. The summed E-state index contributed by atoms with van der Waals surface area (Å²) in [6.07, 6.45) is 3.75. The van der Waals surface area contributed by atoms with Crippen LogP contribution in [0.2, 0.25) is 0 Å². The average Bonchev–Trinajstić information content (AvgIpc) is 2.39. The zero-order chi connectivity index (χ0) is 12.8. The summed E-state index contributed by atoms with van der Waals surface area (Å²) < 4.78 is 1.04. The lowest BCUT2D eigenvalue weighted by Gasteiger charge is -2.20. The van der Waals surface area contributed by atoms with E-state index in [2.05, 4.69) is 69.1 Å². The van der Waals surface area contributed by atoms with Crippen molar-refractivity contribution in [3.63, 3.8) is 0 Å². The molecule has 0 aliphatic heterocycles. The van der Waals surface area contributed by atoms with E-state index >= 15 is 0 Å². The second-order valence-electron chi connectivity index (χ2n) is 4.30. The van der Waals surface area contributed by atoms with Gasteiger partial charge in [-0.25, -0.2) is 0 Å². The van der Waals surface area contributed by atoms with E-state index in [4.69, 9.17) is 0 Å². The van der Waals surface area contributed by atoms with E-state index in [1.807, 2.05) is 12.4 Å². The van der Waals surface area contributed by atoms with Crippen molar-refractivity contribution in [3.8, 4) is 0 Å². The van der Waals surface area contributed by atoms with E-state index in [0.717, 1.165) is 24.1 Å². The predicted molar refractivity (Wildman–Crippen MR) is 78.2 cm³/mol. The third kappa shape index (κ3) is 3.93. The van der Waals surface area contributed by atoms with Crippen LogP contribution in [0.15, 0.2) is 53.3 Å². The molecule has 1 heterocycles. The molecule has 0 radical (unpaired) electrons. The van der Waals surface area contributed by atoms with Crippen molar-refractivity contribution in [2.75, 3.05) is 6.54 Å². The van der Waals surface area contributed by atoms with Gasteiger partial charge in [-0.15, -0.1) is 0 Å². The van der Waals surface area contributed by atoms with Gasteiger partial charge in [-0.2, -0.15) is 0 Å². The molecule has 2 nitrogen and oxygen atoms in total. The van der Waals surface area contributed by atoms with Crippen molar-refractivity contribution in [1.29, 1.82) is 0 Å². The fraction of sp³-hybridized carbons (Fsp3) is 0.267. The second kappa shape index (κ2) is 6.66. The van der Waals surface area contributed by atoms with Crippen LogP contribution in [0.3, 0.4) is 0 Å². The van der Waals surface area contributed by atoms with Crippen LogP contribution < -0.4 is 0 Å². The van der Waals surface area contributed by atoms with Crippen molar-refractivity contribution in [2.45, 2.75) is 20.0 Å². The van der Waals surface area contributed by atoms with Gasteiger partial charge in [0.05, 0.1) is 0 Å². The van der Waals surface area contributed by atoms with Crippen LogP contribution in [0.4, 0.5) is 0 Å². The van der Waals surface area contributed by atoms with Gasteiger partial charge < -0.3 is 0 Å². The highest BCUT2D eigenvalue weighted by Crippen LogP contribution is 2.13. The minimum Gasteiger partial charge on any atom is -0.295 e. The first kappa shape index (κ1) is 13.2. The van der Waals surface area contributed by atoms with Gasteiger partial charge in [-0.1, -0.05) is 37.3 Å². The summed E-state index contributed by atoms with van der Waals surface area (Å²) >= 11 is 3.46. The van der Waals surface area contributed by atoms with Gasteiger partial charge in [0.2, 0.25) is 0 Å². The highest BCUT2D eigenvalue weighted by molar-refractivity contribution is 9.10. The third-order valence-corrected chi connectivity index (χ3v) is 3.30. The first-order valence-corrected chi connectivity index (χ1v) is 6.93. The number of benzene rings is 1. The molecule has 0 atom stereocenters. The maximum atomic E-state index is 4.21. The Labute approximate surface area is 117 Å². The molecule has 0 bridgehead atoms. The maximum absolute atomic E-state index is 4.21. The number of halogens is 1. The molecule has 0 aliphatic rings. The Morgan fingerprint density at radius 2 is 1.78 bits per heavy atom.